The molecule has 68 valence electrons. The smallest absolute Gasteiger partial charge is 0.327 e. The van der Waals surface area contributed by atoms with E-state index in [4.69, 9.17) is 0 Å². The van der Waals surface area contributed by atoms with Gasteiger partial charge in [-0.2, -0.15) is 4.73 Å². The minimum Gasteiger partial charge on any atom is -0.426 e. The first-order chi connectivity index (χ1) is 6.09. The van der Waals surface area contributed by atoms with Crippen LogP contribution < -0.4 is 11.2 Å². The number of imidazole rings is 1. The normalized spacial score (nSPS) is 10.8. The quantitative estimate of drug-likeness (QED) is 0.452. The van der Waals surface area contributed by atoms with Gasteiger partial charge in [-0.25, -0.2) is 9.78 Å². The zero-order valence-electron chi connectivity index (χ0n) is 6.66. The van der Waals surface area contributed by atoms with Crippen LogP contribution in [0, 0.1) is 6.92 Å². The molecular weight excluding hydrogens is 176 g/mol. The predicted octanol–water partition coefficient (Wildman–Crippen LogP) is -1.04. The molecule has 0 saturated heterocycles. The van der Waals surface area contributed by atoms with Gasteiger partial charge in [0.2, 0.25) is 0 Å². The summed E-state index contributed by atoms with van der Waals surface area (Å²) in [4.78, 5) is 30.0. The lowest BCUT2D eigenvalue weighted by Crippen LogP contribution is -2.23. The third kappa shape index (κ3) is 0.934. The third-order valence-corrected chi connectivity index (χ3v) is 1.69. The Morgan fingerprint density at radius 3 is 2.77 bits per heavy atom. The predicted molar refractivity (Wildman–Crippen MR) is 42.9 cm³/mol. The maximum Gasteiger partial charge on any atom is 0.327 e. The summed E-state index contributed by atoms with van der Waals surface area (Å²) >= 11 is 0. The van der Waals surface area contributed by atoms with Crippen LogP contribution in [0.25, 0.3) is 11.2 Å². The first-order valence-corrected chi connectivity index (χ1v) is 3.50. The van der Waals surface area contributed by atoms with Gasteiger partial charge in [-0.15, -0.1) is 0 Å². The lowest BCUT2D eigenvalue weighted by molar-refractivity contribution is 0.190. The van der Waals surface area contributed by atoms with Crippen molar-refractivity contribution in [3.63, 3.8) is 0 Å². The maximum atomic E-state index is 11.1. The molecule has 3 N–H and O–H groups in total. The van der Waals surface area contributed by atoms with Gasteiger partial charge in [0.25, 0.3) is 5.56 Å². The average Bonchev–Trinajstić information content (AvgIpc) is 2.27. The Labute approximate surface area is 70.6 Å². The molecule has 0 saturated carbocycles. The lowest BCUT2D eigenvalue weighted by atomic mass is 10.5. The molecule has 2 aromatic heterocycles. The molecule has 0 aliphatic heterocycles. The Bertz CT molecular complexity index is 576. The summed E-state index contributed by atoms with van der Waals surface area (Å²) in [5.74, 6) is 0.238. The van der Waals surface area contributed by atoms with Crippen LogP contribution >= 0.6 is 0 Å². The molecule has 0 fully saturated rings. The molecule has 0 atom stereocenters. The van der Waals surface area contributed by atoms with Crippen LogP contribution in [-0.4, -0.2) is 24.9 Å². The van der Waals surface area contributed by atoms with Crippen LogP contribution in [0.5, 0.6) is 0 Å². The van der Waals surface area contributed by atoms with Crippen LogP contribution in [0.2, 0.25) is 0 Å². The summed E-state index contributed by atoms with van der Waals surface area (Å²) in [5, 5.41) is 9.28. The number of hydrogen-bond acceptors (Lipinski definition) is 4. The molecule has 0 aromatic carbocycles. The van der Waals surface area contributed by atoms with E-state index >= 15 is 0 Å². The number of rotatable bonds is 0. The minimum absolute atomic E-state index is 0.0582. The third-order valence-electron chi connectivity index (χ3n) is 1.69. The Balaban J connectivity index is 3.12. The van der Waals surface area contributed by atoms with Crippen LogP contribution in [0.4, 0.5) is 0 Å². The second-order valence-corrected chi connectivity index (χ2v) is 2.58. The van der Waals surface area contributed by atoms with Crippen molar-refractivity contribution in [1.82, 2.24) is 19.7 Å². The Hall–Kier alpha value is -2.05. The van der Waals surface area contributed by atoms with E-state index in [-0.39, 0.29) is 17.0 Å². The zero-order chi connectivity index (χ0) is 9.59. The van der Waals surface area contributed by atoms with Crippen molar-refractivity contribution in [2.24, 2.45) is 0 Å². The van der Waals surface area contributed by atoms with E-state index in [1.807, 2.05) is 4.98 Å². The first kappa shape index (κ1) is 7.59. The van der Waals surface area contributed by atoms with Crippen LogP contribution in [-0.2, 0) is 0 Å². The number of fused-ring (bicyclic) bond motifs is 1. The Kier molecular flexibility index (Phi) is 1.30. The molecule has 0 aliphatic rings. The summed E-state index contributed by atoms with van der Waals surface area (Å²) in [5.41, 5.74) is -1.29. The fourth-order valence-corrected chi connectivity index (χ4v) is 1.12. The van der Waals surface area contributed by atoms with Crippen LogP contribution in [0.15, 0.2) is 9.59 Å². The molecular formula is C6H6N4O3. The van der Waals surface area contributed by atoms with Crippen molar-refractivity contribution in [2.45, 2.75) is 6.92 Å². The van der Waals surface area contributed by atoms with Gasteiger partial charge in [0, 0.05) is 0 Å². The van der Waals surface area contributed by atoms with Gasteiger partial charge in [0.1, 0.15) is 5.82 Å². The van der Waals surface area contributed by atoms with E-state index in [1.165, 1.54) is 6.92 Å². The average molecular weight is 182 g/mol. The zero-order valence-corrected chi connectivity index (χ0v) is 6.66. The van der Waals surface area contributed by atoms with Gasteiger partial charge in [0.05, 0.1) is 0 Å². The van der Waals surface area contributed by atoms with E-state index < -0.39 is 11.2 Å². The van der Waals surface area contributed by atoms with Gasteiger partial charge in [-0.1, -0.05) is 0 Å². The summed E-state index contributed by atoms with van der Waals surface area (Å²) in [6, 6.07) is 0. The lowest BCUT2D eigenvalue weighted by Gasteiger charge is -1.91. The maximum absolute atomic E-state index is 11.1. The highest BCUT2D eigenvalue weighted by Gasteiger charge is 2.10. The van der Waals surface area contributed by atoms with E-state index in [9.17, 15) is 14.8 Å². The number of hydrogen-bond donors (Lipinski definition) is 3. The fraction of sp³-hybridized carbons (Fsp3) is 0.167. The van der Waals surface area contributed by atoms with Crippen LogP contribution in [0.3, 0.4) is 0 Å². The van der Waals surface area contributed by atoms with E-state index in [2.05, 4.69) is 9.97 Å². The number of aromatic nitrogens is 4. The molecule has 2 rings (SSSR count). The summed E-state index contributed by atoms with van der Waals surface area (Å²) < 4.78 is 0.629. The van der Waals surface area contributed by atoms with Crippen molar-refractivity contribution in [1.29, 1.82) is 0 Å². The molecule has 2 heterocycles. The SMILES string of the molecule is Cc1nc2[nH]c(=O)[nH]c(=O)c2n1O. The van der Waals surface area contributed by atoms with Gasteiger partial charge in [-0.05, 0) is 6.92 Å². The summed E-state index contributed by atoms with van der Waals surface area (Å²) in [6.07, 6.45) is 0. The number of nitrogens with one attached hydrogen (secondary N) is 2. The Morgan fingerprint density at radius 1 is 1.38 bits per heavy atom. The van der Waals surface area contributed by atoms with Gasteiger partial charge < -0.3 is 5.21 Å². The van der Waals surface area contributed by atoms with Crippen molar-refractivity contribution < 1.29 is 5.21 Å². The number of nitrogens with zero attached hydrogens (tertiary/aromatic N) is 2. The number of aryl methyl sites for hydroxylation is 1. The van der Waals surface area contributed by atoms with E-state index in [0.717, 1.165) is 0 Å². The minimum atomic E-state index is -0.665. The van der Waals surface area contributed by atoms with Crippen molar-refractivity contribution in [2.75, 3.05) is 0 Å². The fourth-order valence-electron chi connectivity index (χ4n) is 1.12. The summed E-state index contributed by atoms with van der Waals surface area (Å²) in [6.45, 7) is 1.51. The molecule has 7 nitrogen and oxygen atoms in total. The van der Waals surface area contributed by atoms with Crippen molar-refractivity contribution in [3.8, 4) is 0 Å². The molecule has 0 unspecified atom stereocenters. The molecule has 0 radical (unpaired) electrons. The molecule has 0 amide bonds. The van der Waals surface area contributed by atoms with Gasteiger partial charge >= 0.3 is 5.69 Å². The van der Waals surface area contributed by atoms with Gasteiger partial charge in [-0.3, -0.25) is 14.8 Å². The second-order valence-electron chi connectivity index (χ2n) is 2.58. The Morgan fingerprint density at radius 2 is 2.08 bits per heavy atom. The van der Waals surface area contributed by atoms with Crippen molar-refractivity contribution >= 4 is 11.2 Å². The monoisotopic (exact) mass is 182 g/mol. The molecule has 7 heteroatoms. The van der Waals surface area contributed by atoms with E-state index in [1.54, 1.807) is 0 Å². The van der Waals surface area contributed by atoms with Crippen LogP contribution in [0.1, 0.15) is 5.82 Å². The van der Waals surface area contributed by atoms with Gasteiger partial charge in [0.15, 0.2) is 11.2 Å². The first-order valence-electron chi connectivity index (χ1n) is 3.50. The molecule has 0 aliphatic carbocycles. The molecule has 2 aromatic rings. The largest absolute Gasteiger partial charge is 0.426 e. The topological polar surface area (TPSA) is 104 Å². The molecule has 0 bridgehead atoms. The molecule has 0 spiro atoms. The summed E-state index contributed by atoms with van der Waals surface area (Å²) in [7, 11) is 0. The highest BCUT2D eigenvalue weighted by molar-refractivity contribution is 5.69. The number of H-pyrrole nitrogens is 2. The molecule has 13 heavy (non-hydrogen) atoms. The van der Waals surface area contributed by atoms with Crippen molar-refractivity contribution in [3.05, 3.63) is 26.7 Å². The second kappa shape index (κ2) is 2.22. The highest BCUT2D eigenvalue weighted by atomic mass is 16.5. The highest BCUT2D eigenvalue weighted by Crippen LogP contribution is 2.03. The standard InChI is InChI=1S/C6H6N4O3/c1-2-7-4-3(10(2)13)5(11)9-6(12)8-4/h13H,1H3,(H2,8,9,11,12). The van der Waals surface area contributed by atoms with E-state index in [0.29, 0.717) is 4.73 Å². The number of aromatic amines is 2.